The molecule has 1 aromatic carbocycles. The molecule has 0 N–H and O–H groups in total. The Hall–Kier alpha value is -2.48. The molecule has 15 heavy (non-hydrogen) atoms. The van der Waals surface area contributed by atoms with E-state index in [0.717, 1.165) is 10.9 Å². The molecule has 0 unspecified atom stereocenters. The second kappa shape index (κ2) is 2.75. The van der Waals surface area contributed by atoms with Crippen LogP contribution in [0.3, 0.4) is 0 Å². The normalized spacial score (nSPS) is 10.6. The molecule has 0 aliphatic carbocycles. The van der Waals surface area contributed by atoms with Crippen LogP contribution in [-0.2, 0) is 0 Å². The number of hydrogen-bond acceptors (Lipinski definition) is 4. The standard InChI is InChI=1S/C10H5N5/c11-4-7-1-2-8-5-12-10-14-13-6-15(10)9(8)3-7/h1-3,5-6H. The van der Waals surface area contributed by atoms with E-state index in [9.17, 15) is 0 Å². The number of rotatable bonds is 0. The summed E-state index contributed by atoms with van der Waals surface area (Å²) in [6.45, 7) is 0. The van der Waals surface area contributed by atoms with Crippen LogP contribution in [0.2, 0.25) is 0 Å². The van der Waals surface area contributed by atoms with E-state index in [4.69, 9.17) is 5.26 Å². The zero-order valence-electron chi connectivity index (χ0n) is 7.62. The quantitative estimate of drug-likeness (QED) is 0.539. The van der Waals surface area contributed by atoms with Crippen molar-refractivity contribution in [2.24, 2.45) is 0 Å². The van der Waals surface area contributed by atoms with E-state index < -0.39 is 0 Å². The van der Waals surface area contributed by atoms with Gasteiger partial charge in [0.15, 0.2) is 0 Å². The summed E-state index contributed by atoms with van der Waals surface area (Å²) in [7, 11) is 0. The summed E-state index contributed by atoms with van der Waals surface area (Å²) >= 11 is 0. The first-order chi connectivity index (χ1) is 7.38. The maximum atomic E-state index is 8.81. The van der Waals surface area contributed by atoms with Crippen LogP contribution in [0.4, 0.5) is 0 Å². The van der Waals surface area contributed by atoms with Crippen molar-refractivity contribution in [3.8, 4) is 6.07 Å². The third kappa shape index (κ3) is 1.05. The highest BCUT2D eigenvalue weighted by Gasteiger charge is 2.02. The minimum Gasteiger partial charge on any atom is -0.265 e. The van der Waals surface area contributed by atoms with Crippen LogP contribution in [0, 0.1) is 11.3 Å². The lowest BCUT2D eigenvalue weighted by atomic mass is 10.2. The summed E-state index contributed by atoms with van der Waals surface area (Å²) in [6.07, 6.45) is 3.31. The Morgan fingerprint density at radius 1 is 1.33 bits per heavy atom. The third-order valence-corrected chi connectivity index (χ3v) is 2.27. The van der Waals surface area contributed by atoms with Crippen molar-refractivity contribution in [1.29, 1.82) is 5.26 Å². The van der Waals surface area contributed by atoms with E-state index in [1.165, 1.54) is 0 Å². The fourth-order valence-corrected chi connectivity index (χ4v) is 1.55. The maximum Gasteiger partial charge on any atom is 0.255 e. The lowest BCUT2D eigenvalue weighted by molar-refractivity contribution is 1.10. The molecule has 0 saturated carbocycles. The molecule has 0 fully saturated rings. The SMILES string of the molecule is N#Cc1ccc2cnc3nncn3c2c1. The van der Waals surface area contributed by atoms with Crippen molar-refractivity contribution < 1.29 is 0 Å². The van der Waals surface area contributed by atoms with Gasteiger partial charge in [0.2, 0.25) is 0 Å². The van der Waals surface area contributed by atoms with E-state index in [1.807, 2.05) is 6.07 Å². The average Bonchev–Trinajstić information content (AvgIpc) is 2.76. The van der Waals surface area contributed by atoms with Crippen LogP contribution in [0.1, 0.15) is 5.56 Å². The Balaban J connectivity index is 2.54. The first kappa shape index (κ1) is 7.88. The molecule has 5 nitrogen and oxygen atoms in total. The Kier molecular flexibility index (Phi) is 1.45. The number of aromatic nitrogens is 4. The van der Waals surface area contributed by atoms with Gasteiger partial charge in [-0.3, -0.25) is 4.40 Å². The summed E-state index contributed by atoms with van der Waals surface area (Å²) in [5.74, 6) is 0.539. The number of nitrogens with zero attached hydrogens (tertiary/aromatic N) is 5. The van der Waals surface area contributed by atoms with Crippen molar-refractivity contribution in [2.45, 2.75) is 0 Å². The van der Waals surface area contributed by atoms with Gasteiger partial charge in [0.1, 0.15) is 6.33 Å². The summed E-state index contributed by atoms with van der Waals surface area (Å²) in [4.78, 5) is 4.13. The Morgan fingerprint density at radius 3 is 3.13 bits per heavy atom. The molecule has 0 saturated heterocycles. The van der Waals surface area contributed by atoms with E-state index in [-0.39, 0.29) is 0 Å². The van der Waals surface area contributed by atoms with Gasteiger partial charge >= 0.3 is 0 Å². The predicted octanol–water partition coefficient (Wildman–Crippen LogP) is 1.15. The van der Waals surface area contributed by atoms with Crippen molar-refractivity contribution in [3.63, 3.8) is 0 Å². The molecule has 0 bridgehead atoms. The number of benzene rings is 1. The Bertz CT molecular complexity index is 692. The van der Waals surface area contributed by atoms with Crippen LogP contribution < -0.4 is 0 Å². The minimum absolute atomic E-state index is 0.539. The molecular weight excluding hydrogens is 190 g/mol. The average molecular weight is 195 g/mol. The highest BCUT2D eigenvalue weighted by molar-refractivity contribution is 5.81. The lowest BCUT2D eigenvalue weighted by Crippen LogP contribution is -1.90. The van der Waals surface area contributed by atoms with Gasteiger partial charge in [0.25, 0.3) is 5.78 Å². The molecule has 3 rings (SSSR count). The molecule has 2 aromatic heterocycles. The van der Waals surface area contributed by atoms with E-state index in [0.29, 0.717) is 11.3 Å². The molecule has 0 spiro atoms. The number of hydrogen-bond donors (Lipinski definition) is 0. The molecule has 5 heteroatoms. The van der Waals surface area contributed by atoms with Gasteiger partial charge in [-0.2, -0.15) is 5.26 Å². The van der Waals surface area contributed by atoms with Crippen LogP contribution in [0.25, 0.3) is 16.7 Å². The van der Waals surface area contributed by atoms with Crippen LogP contribution in [-0.4, -0.2) is 19.6 Å². The largest absolute Gasteiger partial charge is 0.265 e. The van der Waals surface area contributed by atoms with Crippen molar-refractivity contribution in [3.05, 3.63) is 36.3 Å². The molecule has 0 radical (unpaired) electrons. The predicted molar refractivity (Wildman–Crippen MR) is 53.0 cm³/mol. The topological polar surface area (TPSA) is 66.9 Å². The van der Waals surface area contributed by atoms with Gasteiger partial charge in [-0.1, -0.05) is 6.07 Å². The highest BCUT2D eigenvalue weighted by atomic mass is 15.3. The number of nitriles is 1. The van der Waals surface area contributed by atoms with Crippen LogP contribution in [0.15, 0.2) is 30.7 Å². The van der Waals surface area contributed by atoms with Crippen LogP contribution >= 0.6 is 0 Å². The van der Waals surface area contributed by atoms with Crippen molar-refractivity contribution >= 4 is 16.7 Å². The number of fused-ring (bicyclic) bond motifs is 3. The molecule has 3 aromatic rings. The van der Waals surface area contributed by atoms with Crippen LogP contribution in [0.5, 0.6) is 0 Å². The summed E-state index contributed by atoms with van der Waals surface area (Å²) in [6, 6.07) is 7.53. The lowest BCUT2D eigenvalue weighted by Gasteiger charge is -1.99. The van der Waals surface area contributed by atoms with Crippen molar-refractivity contribution in [1.82, 2.24) is 19.6 Å². The van der Waals surface area contributed by atoms with Gasteiger partial charge in [-0.15, -0.1) is 10.2 Å². The molecule has 70 valence electrons. The molecule has 0 aliphatic rings. The fourth-order valence-electron chi connectivity index (χ4n) is 1.55. The van der Waals surface area contributed by atoms with Gasteiger partial charge in [-0.05, 0) is 12.1 Å². The maximum absolute atomic E-state index is 8.81. The summed E-state index contributed by atoms with van der Waals surface area (Å²) in [5, 5.41) is 17.4. The minimum atomic E-state index is 0.539. The fraction of sp³-hybridized carbons (Fsp3) is 0. The summed E-state index contributed by atoms with van der Waals surface area (Å²) < 4.78 is 1.76. The first-order valence-electron chi connectivity index (χ1n) is 4.37. The zero-order chi connectivity index (χ0) is 10.3. The second-order valence-electron chi connectivity index (χ2n) is 3.14. The van der Waals surface area contributed by atoms with Gasteiger partial charge < -0.3 is 0 Å². The van der Waals surface area contributed by atoms with Gasteiger partial charge in [0.05, 0.1) is 17.1 Å². The molecule has 0 amide bonds. The smallest absolute Gasteiger partial charge is 0.255 e. The second-order valence-corrected chi connectivity index (χ2v) is 3.14. The van der Waals surface area contributed by atoms with Crippen molar-refractivity contribution in [2.75, 3.05) is 0 Å². The van der Waals surface area contributed by atoms with E-state index in [2.05, 4.69) is 21.3 Å². The van der Waals surface area contributed by atoms with E-state index >= 15 is 0 Å². The Morgan fingerprint density at radius 2 is 2.27 bits per heavy atom. The monoisotopic (exact) mass is 195 g/mol. The molecule has 0 aliphatic heterocycles. The van der Waals surface area contributed by atoms with Gasteiger partial charge in [-0.25, -0.2) is 4.98 Å². The third-order valence-electron chi connectivity index (χ3n) is 2.27. The molecule has 2 heterocycles. The van der Waals surface area contributed by atoms with Gasteiger partial charge in [0, 0.05) is 11.6 Å². The molecule has 0 atom stereocenters. The first-order valence-corrected chi connectivity index (χ1v) is 4.37. The Labute approximate surface area is 84.6 Å². The summed E-state index contributed by atoms with van der Waals surface area (Å²) in [5.41, 5.74) is 1.51. The highest BCUT2D eigenvalue weighted by Crippen LogP contribution is 2.15. The zero-order valence-corrected chi connectivity index (χ0v) is 7.62. The molecular formula is C10H5N5. The van der Waals surface area contributed by atoms with E-state index in [1.54, 1.807) is 29.1 Å².